The minimum Gasteiger partial charge on any atom is -0.469 e. The number of likely N-dealkylation sites (N-methyl/N-ethyl adjacent to an activating group) is 2. The average Bonchev–Trinajstić information content (AvgIpc) is 3.60. The maximum Gasteiger partial charge on any atom is 0.309 e. The van der Waals surface area contributed by atoms with Gasteiger partial charge in [0.15, 0.2) is 5.78 Å². The summed E-state index contributed by atoms with van der Waals surface area (Å²) in [4.78, 5) is 76.4. The van der Waals surface area contributed by atoms with E-state index in [4.69, 9.17) is 14.2 Å². The first-order chi connectivity index (χ1) is 24.9. The van der Waals surface area contributed by atoms with Crippen LogP contribution in [-0.2, 0) is 38.2 Å². The lowest BCUT2D eigenvalue weighted by Gasteiger charge is -2.41. The van der Waals surface area contributed by atoms with E-state index in [-0.39, 0.29) is 66.4 Å². The van der Waals surface area contributed by atoms with Crippen LogP contribution in [0.2, 0.25) is 0 Å². The molecular formula is C39H70N6O8. The second kappa shape index (κ2) is 23.0. The number of azide groups is 1. The van der Waals surface area contributed by atoms with Gasteiger partial charge >= 0.3 is 5.97 Å². The lowest BCUT2D eigenvalue weighted by atomic mass is 9.82. The molecule has 2 amide bonds. The molecule has 0 bridgehead atoms. The molecule has 0 saturated carbocycles. The fourth-order valence-electron chi connectivity index (χ4n) is 8.18. The van der Waals surface area contributed by atoms with Crippen molar-refractivity contribution >= 4 is 29.4 Å². The molecule has 14 heteroatoms. The minimum absolute atomic E-state index is 0.00672. The summed E-state index contributed by atoms with van der Waals surface area (Å²) in [6, 6.07) is -2.11. The summed E-state index contributed by atoms with van der Waals surface area (Å²) in [7, 11) is 9.71. The van der Waals surface area contributed by atoms with Gasteiger partial charge in [-0.25, -0.2) is 0 Å². The van der Waals surface area contributed by atoms with Crippen molar-refractivity contribution in [2.45, 2.75) is 137 Å². The predicted molar refractivity (Wildman–Crippen MR) is 205 cm³/mol. The SMILES string of the molecule is CC[C@H](C)[C@@H]([C@@H](CC(=O)N1CCC[C@H]1[C@H](OC)[C@@H](C)C(=O)C[C@H](C(=O)OC)[C@@H](C)CC)OC)N(C)C(=O)[C@@H](CC(=O)[C@H](C(C)C)N(C)C)[C@H](C)N=[N+]=[N-]. The maximum absolute atomic E-state index is 14.3. The van der Waals surface area contributed by atoms with Crippen molar-refractivity contribution in [3.63, 3.8) is 0 Å². The van der Waals surface area contributed by atoms with Gasteiger partial charge in [-0.15, -0.1) is 0 Å². The number of rotatable bonds is 24. The lowest BCUT2D eigenvalue weighted by molar-refractivity contribution is -0.151. The smallest absolute Gasteiger partial charge is 0.309 e. The molecule has 0 aromatic carbocycles. The summed E-state index contributed by atoms with van der Waals surface area (Å²) >= 11 is 0. The van der Waals surface area contributed by atoms with Gasteiger partial charge in [-0.3, -0.25) is 28.9 Å². The van der Waals surface area contributed by atoms with Crippen LogP contribution in [0.15, 0.2) is 5.11 Å². The zero-order valence-electron chi connectivity index (χ0n) is 35.0. The number of Topliss-reactive ketones (excluding diaryl/α,β-unsaturated/α-hetero) is 2. The second-order valence-corrected chi connectivity index (χ2v) is 15.6. The number of ketones is 2. The third-order valence-electron chi connectivity index (χ3n) is 11.7. The first-order valence-electron chi connectivity index (χ1n) is 19.3. The number of esters is 1. The highest BCUT2D eigenvalue weighted by atomic mass is 16.5. The van der Waals surface area contributed by atoms with E-state index in [2.05, 4.69) is 10.0 Å². The molecule has 0 N–H and O–H groups in total. The molecule has 1 saturated heterocycles. The highest BCUT2D eigenvalue weighted by molar-refractivity contribution is 5.90. The molecule has 53 heavy (non-hydrogen) atoms. The molecule has 304 valence electrons. The highest BCUT2D eigenvalue weighted by Crippen LogP contribution is 2.32. The number of likely N-dealkylation sites (tertiary alicyclic amines) is 1. The van der Waals surface area contributed by atoms with Gasteiger partial charge in [-0.2, -0.15) is 0 Å². The number of hydrogen-bond acceptors (Lipinski definition) is 10. The fraction of sp³-hybridized carbons (Fsp3) is 0.872. The normalized spacial score (nSPS) is 20.3. The number of hydrogen-bond donors (Lipinski definition) is 0. The Morgan fingerprint density at radius 2 is 1.43 bits per heavy atom. The van der Waals surface area contributed by atoms with Crippen LogP contribution in [0.4, 0.5) is 0 Å². The number of carbonyl (C=O) groups excluding carboxylic acids is 5. The van der Waals surface area contributed by atoms with Crippen LogP contribution >= 0.6 is 0 Å². The maximum atomic E-state index is 14.3. The topological polar surface area (TPSA) is 172 Å². The summed E-state index contributed by atoms with van der Waals surface area (Å²) in [6.07, 6.45) is 1.41. The Hall–Kier alpha value is -3.06. The van der Waals surface area contributed by atoms with Crippen molar-refractivity contribution in [3.05, 3.63) is 10.4 Å². The van der Waals surface area contributed by atoms with Crippen LogP contribution in [0, 0.1) is 35.5 Å². The Morgan fingerprint density at radius 1 is 0.849 bits per heavy atom. The Kier molecular flexibility index (Phi) is 20.8. The zero-order chi connectivity index (χ0) is 40.7. The van der Waals surface area contributed by atoms with E-state index in [1.165, 1.54) is 14.2 Å². The monoisotopic (exact) mass is 751 g/mol. The van der Waals surface area contributed by atoms with Crippen LogP contribution in [0.3, 0.4) is 0 Å². The Balaban J connectivity index is 3.38. The van der Waals surface area contributed by atoms with Gasteiger partial charge in [-0.05, 0) is 50.2 Å². The molecule has 1 aliphatic rings. The number of nitrogens with zero attached hydrogens (tertiary/aromatic N) is 6. The van der Waals surface area contributed by atoms with E-state index in [1.54, 1.807) is 37.8 Å². The largest absolute Gasteiger partial charge is 0.469 e. The van der Waals surface area contributed by atoms with Crippen molar-refractivity contribution in [1.29, 1.82) is 0 Å². The Morgan fingerprint density at radius 3 is 1.91 bits per heavy atom. The molecule has 0 aliphatic carbocycles. The summed E-state index contributed by atoms with van der Waals surface area (Å²) in [6.45, 7) is 15.7. The first kappa shape index (κ1) is 48.0. The highest BCUT2D eigenvalue weighted by Gasteiger charge is 2.44. The van der Waals surface area contributed by atoms with Gasteiger partial charge in [0.25, 0.3) is 0 Å². The number of carbonyl (C=O) groups is 5. The van der Waals surface area contributed by atoms with Crippen LogP contribution in [-0.4, -0.2) is 129 Å². The quantitative estimate of drug-likeness (QED) is 0.0530. The number of ether oxygens (including phenoxy) is 3. The summed E-state index contributed by atoms with van der Waals surface area (Å²) in [5, 5.41) is 3.84. The predicted octanol–water partition coefficient (Wildman–Crippen LogP) is 5.56. The van der Waals surface area contributed by atoms with Gasteiger partial charge in [0.1, 0.15) is 5.78 Å². The third-order valence-corrected chi connectivity index (χ3v) is 11.7. The summed E-state index contributed by atoms with van der Waals surface area (Å²) in [5.41, 5.74) is 9.27. The van der Waals surface area contributed by atoms with Gasteiger partial charge in [0, 0.05) is 57.5 Å². The molecule has 1 heterocycles. The van der Waals surface area contributed by atoms with Crippen LogP contribution in [0.25, 0.3) is 10.4 Å². The van der Waals surface area contributed by atoms with E-state index < -0.39 is 54.1 Å². The van der Waals surface area contributed by atoms with E-state index >= 15 is 0 Å². The van der Waals surface area contributed by atoms with Crippen molar-refractivity contribution in [1.82, 2.24) is 14.7 Å². The summed E-state index contributed by atoms with van der Waals surface area (Å²) in [5.74, 6) is -3.34. The van der Waals surface area contributed by atoms with Crippen molar-refractivity contribution in [2.24, 2.45) is 40.6 Å². The molecule has 0 spiro atoms. The second-order valence-electron chi connectivity index (χ2n) is 15.6. The van der Waals surface area contributed by atoms with Crippen LogP contribution in [0.5, 0.6) is 0 Å². The average molecular weight is 751 g/mol. The van der Waals surface area contributed by atoms with Gasteiger partial charge in [0.2, 0.25) is 11.8 Å². The molecule has 1 aliphatic heterocycles. The number of methoxy groups -OCH3 is 3. The molecule has 0 unspecified atom stereocenters. The Labute approximate surface area is 318 Å². The lowest BCUT2D eigenvalue weighted by Crippen LogP contribution is -2.54. The standard InChI is InChI=1S/C39H70N6O8/c1-15-24(5)28(39(50)53-14)20-31(46)26(7)37(52-13)30-18-17-19-45(30)34(48)22-33(51-12)36(25(6)16-2)44(11)38(49)29(27(8)41-42-40)21-32(47)35(23(3)4)43(9)10/h23-30,33,35-37H,15-22H2,1-14H3/t24-,25-,26-,27-,28-,29-,30-,33+,35-,36-,37+/m0/s1. The van der Waals surface area contributed by atoms with Gasteiger partial charge in [0.05, 0.1) is 55.7 Å². The van der Waals surface area contributed by atoms with E-state index in [9.17, 15) is 29.5 Å². The van der Waals surface area contributed by atoms with Crippen molar-refractivity contribution in [3.8, 4) is 0 Å². The fourth-order valence-corrected chi connectivity index (χ4v) is 8.18. The van der Waals surface area contributed by atoms with Gasteiger partial charge in [-0.1, -0.05) is 73.3 Å². The third kappa shape index (κ3) is 12.8. The van der Waals surface area contributed by atoms with Crippen LogP contribution in [0.1, 0.15) is 100 Å². The van der Waals surface area contributed by atoms with Crippen molar-refractivity contribution in [2.75, 3.05) is 49.0 Å². The van der Waals surface area contributed by atoms with E-state index in [0.717, 1.165) is 12.8 Å². The molecule has 11 atom stereocenters. The minimum atomic E-state index is -0.909. The van der Waals surface area contributed by atoms with Crippen LogP contribution < -0.4 is 0 Å². The molecule has 0 radical (unpaired) electrons. The molecule has 1 fully saturated rings. The zero-order valence-corrected chi connectivity index (χ0v) is 35.0. The number of amides is 2. The molecule has 0 aromatic heterocycles. The van der Waals surface area contributed by atoms with E-state index in [0.29, 0.717) is 19.4 Å². The van der Waals surface area contributed by atoms with Gasteiger partial charge < -0.3 is 24.0 Å². The molecule has 14 nitrogen and oxygen atoms in total. The summed E-state index contributed by atoms with van der Waals surface area (Å²) < 4.78 is 16.9. The van der Waals surface area contributed by atoms with Crippen molar-refractivity contribution < 1.29 is 38.2 Å². The van der Waals surface area contributed by atoms with E-state index in [1.807, 2.05) is 60.5 Å². The molecule has 0 aromatic rings. The molecule has 1 rings (SSSR count). The first-order valence-corrected chi connectivity index (χ1v) is 19.3. The molecular weight excluding hydrogens is 680 g/mol. The Bertz CT molecular complexity index is 1250.